The monoisotopic (exact) mass is 290 g/mol. The van der Waals surface area contributed by atoms with E-state index in [-0.39, 0.29) is 10.6 Å². The van der Waals surface area contributed by atoms with Gasteiger partial charge in [-0.2, -0.15) is 0 Å². The van der Waals surface area contributed by atoms with Crippen molar-refractivity contribution in [3.05, 3.63) is 22.2 Å². The summed E-state index contributed by atoms with van der Waals surface area (Å²) < 4.78 is 0. The number of anilines is 2. The van der Waals surface area contributed by atoms with Gasteiger partial charge in [-0.25, -0.2) is 4.98 Å². The number of rotatable bonds is 4. The number of hydrogen-bond acceptors (Lipinski definition) is 5. The van der Waals surface area contributed by atoms with Crippen LogP contribution in [0.2, 0.25) is 0 Å². The molecule has 2 unspecified atom stereocenters. The normalized spacial score (nSPS) is 24.7. The summed E-state index contributed by atoms with van der Waals surface area (Å²) >= 11 is 0. The molecule has 3 rings (SSSR count). The highest BCUT2D eigenvalue weighted by Gasteiger charge is 2.36. The van der Waals surface area contributed by atoms with Crippen LogP contribution in [0.15, 0.2) is 12.1 Å². The zero-order valence-electron chi connectivity index (χ0n) is 12.4. The summed E-state index contributed by atoms with van der Waals surface area (Å²) in [6.45, 7) is 3.63. The summed E-state index contributed by atoms with van der Waals surface area (Å²) in [5.74, 6) is 2.10. The fourth-order valence-electron chi connectivity index (χ4n) is 3.76. The molecule has 2 atom stereocenters. The van der Waals surface area contributed by atoms with Crippen molar-refractivity contribution in [2.75, 3.05) is 23.3 Å². The number of aromatic nitrogens is 1. The van der Waals surface area contributed by atoms with E-state index in [2.05, 4.69) is 15.2 Å². The third kappa shape index (κ3) is 2.80. The van der Waals surface area contributed by atoms with Crippen LogP contribution in [0, 0.1) is 16.0 Å². The van der Waals surface area contributed by atoms with E-state index >= 15 is 0 Å². The summed E-state index contributed by atoms with van der Waals surface area (Å²) in [6, 6.07) is 3.66. The minimum atomic E-state index is -0.331. The van der Waals surface area contributed by atoms with E-state index in [4.69, 9.17) is 0 Å². The first-order chi connectivity index (χ1) is 10.2. The van der Waals surface area contributed by atoms with E-state index in [1.54, 1.807) is 6.07 Å². The highest BCUT2D eigenvalue weighted by molar-refractivity contribution is 5.56. The zero-order chi connectivity index (χ0) is 14.8. The van der Waals surface area contributed by atoms with Crippen molar-refractivity contribution in [3.8, 4) is 0 Å². The van der Waals surface area contributed by atoms with Crippen LogP contribution >= 0.6 is 0 Å². The van der Waals surface area contributed by atoms with Gasteiger partial charge < -0.3 is 10.2 Å². The van der Waals surface area contributed by atoms with E-state index in [1.165, 1.54) is 31.7 Å². The fraction of sp³-hybridized carbons (Fsp3) is 0.667. The average Bonchev–Trinajstić information content (AvgIpc) is 2.95. The van der Waals surface area contributed by atoms with Crippen LogP contribution in [-0.2, 0) is 0 Å². The van der Waals surface area contributed by atoms with E-state index in [0.29, 0.717) is 18.4 Å². The maximum atomic E-state index is 11.2. The standard InChI is InChI=1S/C15H22N4O2/c1-2-16-14-9-12(19(20)21)10-15(17-14)18-8-4-6-11-5-3-7-13(11)18/h9-11,13H,2-8H2,1H3,(H,16,17). The van der Waals surface area contributed by atoms with Crippen molar-refractivity contribution in [1.82, 2.24) is 4.98 Å². The van der Waals surface area contributed by atoms with Crippen molar-refractivity contribution < 1.29 is 4.92 Å². The minimum Gasteiger partial charge on any atom is -0.370 e. The third-order valence-electron chi connectivity index (χ3n) is 4.65. The van der Waals surface area contributed by atoms with Gasteiger partial charge in [0.1, 0.15) is 11.6 Å². The number of nitrogens with one attached hydrogen (secondary N) is 1. The molecule has 1 N–H and O–H groups in total. The highest BCUT2D eigenvalue weighted by atomic mass is 16.6. The Morgan fingerprint density at radius 3 is 2.95 bits per heavy atom. The van der Waals surface area contributed by atoms with Gasteiger partial charge in [0.25, 0.3) is 5.69 Å². The van der Waals surface area contributed by atoms with Gasteiger partial charge in [-0.15, -0.1) is 0 Å². The second-order valence-electron chi connectivity index (χ2n) is 5.95. The Morgan fingerprint density at radius 2 is 2.19 bits per heavy atom. The maximum absolute atomic E-state index is 11.2. The van der Waals surface area contributed by atoms with Crippen LogP contribution in [0.3, 0.4) is 0 Å². The second-order valence-corrected chi connectivity index (χ2v) is 5.95. The number of hydrogen-bond donors (Lipinski definition) is 1. The lowest BCUT2D eigenvalue weighted by molar-refractivity contribution is -0.384. The van der Waals surface area contributed by atoms with Crippen LogP contribution in [0.25, 0.3) is 0 Å². The smallest absolute Gasteiger partial charge is 0.276 e. The number of nitro groups is 1. The summed E-state index contributed by atoms with van der Waals surface area (Å²) in [5, 5.41) is 14.3. The Balaban J connectivity index is 1.94. The predicted molar refractivity (Wildman–Crippen MR) is 82.8 cm³/mol. The Bertz CT molecular complexity index is 534. The van der Waals surface area contributed by atoms with Crippen LogP contribution in [0.4, 0.5) is 17.3 Å². The summed E-state index contributed by atoms with van der Waals surface area (Å²) in [6.07, 6.45) is 6.18. The van der Waals surface area contributed by atoms with Crippen molar-refractivity contribution in [3.63, 3.8) is 0 Å². The topological polar surface area (TPSA) is 71.3 Å². The van der Waals surface area contributed by atoms with Crippen LogP contribution in [-0.4, -0.2) is 29.0 Å². The number of piperidine rings is 1. The van der Waals surface area contributed by atoms with E-state index < -0.39 is 0 Å². The van der Waals surface area contributed by atoms with Crippen molar-refractivity contribution in [2.24, 2.45) is 5.92 Å². The molecule has 2 aliphatic rings. The molecule has 2 fully saturated rings. The average molecular weight is 290 g/mol. The molecule has 0 spiro atoms. The molecule has 2 heterocycles. The quantitative estimate of drug-likeness (QED) is 0.681. The molecule has 114 valence electrons. The van der Waals surface area contributed by atoms with Crippen LogP contribution in [0.5, 0.6) is 0 Å². The van der Waals surface area contributed by atoms with Gasteiger partial charge in [-0.3, -0.25) is 10.1 Å². The van der Waals surface area contributed by atoms with E-state index in [0.717, 1.165) is 24.7 Å². The van der Waals surface area contributed by atoms with E-state index in [1.807, 2.05) is 6.92 Å². The first-order valence-corrected chi connectivity index (χ1v) is 7.86. The first-order valence-electron chi connectivity index (χ1n) is 7.86. The molecule has 0 amide bonds. The molecule has 6 heteroatoms. The van der Waals surface area contributed by atoms with Gasteiger partial charge in [-0.1, -0.05) is 6.42 Å². The number of nitrogens with zero attached hydrogens (tertiary/aromatic N) is 3. The zero-order valence-corrected chi connectivity index (χ0v) is 12.4. The maximum Gasteiger partial charge on any atom is 0.276 e. The fourth-order valence-corrected chi connectivity index (χ4v) is 3.76. The summed E-state index contributed by atoms with van der Waals surface area (Å²) in [7, 11) is 0. The lowest BCUT2D eigenvalue weighted by Gasteiger charge is -2.38. The summed E-state index contributed by atoms with van der Waals surface area (Å²) in [5.41, 5.74) is 0.121. The number of fused-ring (bicyclic) bond motifs is 1. The molecule has 21 heavy (non-hydrogen) atoms. The molecule has 1 saturated heterocycles. The molecule has 1 aliphatic carbocycles. The largest absolute Gasteiger partial charge is 0.370 e. The predicted octanol–water partition coefficient (Wildman–Crippen LogP) is 3.19. The van der Waals surface area contributed by atoms with Gasteiger partial charge >= 0.3 is 0 Å². The SMILES string of the molecule is CCNc1cc([N+](=O)[O-])cc(N2CCCC3CCCC32)n1. The van der Waals surface area contributed by atoms with Gasteiger partial charge in [0, 0.05) is 19.1 Å². The molecule has 1 aromatic heterocycles. The molecule has 6 nitrogen and oxygen atoms in total. The Labute approximate surface area is 124 Å². The number of pyridine rings is 1. The van der Waals surface area contributed by atoms with Gasteiger partial charge in [0.2, 0.25) is 0 Å². The van der Waals surface area contributed by atoms with Crippen molar-refractivity contribution in [2.45, 2.75) is 45.1 Å². The van der Waals surface area contributed by atoms with Crippen molar-refractivity contribution in [1.29, 1.82) is 0 Å². The molecule has 1 aliphatic heterocycles. The van der Waals surface area contributed by atoms with Crippen molar-refractivity contribution >= 4 is 17.3 Å². The highest BCUT2D eigenvalue weighted by Crippen LogP contribution is 2.39. The molecule has 1 aromatic rings. The lowest BCUT2D eigenvalue weighted by Crippen LogP contribution is -2.43. The van der Waals surface area contributed by atoms with Gasteiger partial charge in [0.05, 0.1) is 17.1 Å². The van der Waals surface area contributed by atoms with E-state index in [9.17, 15) is 10.1 Å². The summed E-state index contributed by atoms with van der Waals surface area (Å²) in [4.78, 5) is 17.7. The molecule has 1 saturated carbocycles. The first kappa shape index (κ1) is 14.1. The molecule has 0 radical (unpaired) electrons. The van der Waals surface area contributed by atoms with Crippen LogP contribution in [0.1, 0.15) is 39.0 Å². The third-order valence-corrected chi connectivity index (χ3v) is 4.65. The Hall–Kier alpha value is -1.85. The molecule has 0 bridgehead atoms. The van der Waals surface area contributed by atoms with Gasteiger partial charge in [-0.05, 0) is 38.5 Å². The van der Waals surface area contributed by atoms with Gasteiger partial charge in [0.15, 0.2) is 0 Å². The van der Waals surface area contributed by atoms with Crippen LogP contribution < -0.4 is 10.2 Å². The Kier molecular flexibility index (Phi) is 3.94. The molecular weight excluding hydrogens is 268 g/mol. The Morgan fingerprint density at radius 1 is 1.38 bits per heavy atom. The molecule has 0 aromatic carbocycles. The minimum absolute atomic E-state index is 0.121. The molecular formula is C15H22N4O2. The second kappa shape index (κ2) is 5.87. The lowest BCUT2D eigenvalue weighted by atomic mass is 9.92.